The predicted octanol–water partition coefficient (Wildman–Crippen LogP) is 3.64. The molecule has 1 fully saturated rings. The van der Waals surface area contributed by atoms with Crippen LogP contribution in [0.4, 0.5) is 4.39 Å². The van der Waals surface area contributed by atoms with Gasteiger partial charge in [0, 0.05) is 17.5 Å². The second-order valence-corrected chi connectivity index (χ2v) is 6.24. The minimum absolute atomic E-state index is 0.141. The maximum atomic E-state index is 13.0. The molecule has 0 amide bonds. The number of halogens is 1. The third-order valence-electron chi connectivity index (χ3n) is 3.72. The lowest BCUT2D eigenvalue weighted by molar-refractivity contribution is 0.213. The molecule has 0 radical (unpaired) electrons. The van der Waals surface area contributed by atoms with Gasteiger partial charge in [-0.2, -0.15) is 0 Å². The Kier molecular flexibility index (Phi) is 3.26. The first-order chi connectivity index (χ1) is 7.91. The summed E-state index contributed by atoms with van der Waals surface area (Å²) in [5.41, 5.74) is 1.66. The molecule has 0 unspecified atom stereocenters. The maximum Gasteiger partial charge on any atom is 0.123 e. The minimum Gasteiger partial charge on any atom is -0.311 e. The number of nitrogens with one attached hydrogen (secondary N) is 1. The first-order valence-electron chi connectivity index (χ1n) is 6.42. The third-order valence-corrected chi connectivity index (χ3v) is 3.72. The van der Waals surface area contributed by atoms with Crippen molar-refractivity contribution in [2.45, 2.75) is 51.0 Å². The van der Waals surface area contributed by atoms with Crippen LogP contribution in [0.2, 0.25) is 0 Å². The Morgan fingerprint density at radius 3 is 2.18 bits per heavy atom. The van der Waals surface area contributed by atoms with Crippen molar-refractivity contribution in [2.75, 3.05) is 6.54 Å². The van der Waals surface area contributed by atoms with Crippen LogP contribution in [-0.2, 0) is 5.41 Å². The molecule has 0 spiro atoms. The van der Waals surface area contributed by atoms with Crippen molar-refractivity contribution in [2.24, 2.45) is 0 Å². The summed E-state index contributed by atoms with van der Waals surface area (Å²) in [5.74, 6) is -0.146. The fourth-order valence-corrected chi connectivity index (χ4v) is 2.41. The van der Waals surface area contributed by atoms with E-state index in [1.165, 1.54) is 24.8 Å². The maximum absolute atomic E-state index is 13.0. The highest BCUT2D eigenvalue weighted by molar-refractivity contribution is 5.29. The normalized spacial score (nSPS) is 18.8. The molecule has 0 bridgehead atoms. The van der Waals surface area contributed by atoms with Gasteiger partial charge in [-0.15, -0.1) is 0 Å². The summed E-state index contributed by atoms with van der Waals surface area (Å²) in [7, 11) is 0. The standard InChI is InChI=1S/C15H22FN/c1-14(2,3)17-11-15(9-4-10-15)12-5-7-13(16)8-6-12/h5-8,17H,4,9-11H2,1-3H3. The Balaban J connectivity index is 2.11. The summed E-state index contributed by atoms with van der Waals surface area (Å²) < 4.78 is 13.0. The van der Waals surface area contributed by atoms with Crippen LogP contribution in [0, 0.1) is 5.82 Å². The second kappa shape index (κ2) is 4.41. The van der Waals surface area contributed by atoms with Crippen LogP contribution in [0.1, 0.15) is 45.6 Å². The van der Waals surface area contributed by atoms with E-state index in [-0.39, 0.29) is 16.8 Å². The minimum atomic E-state index is -0.146. The quantitative estimate of drug-likeness (QED) is 0.843. The van der Waals surface area contributed by atoms with Gasteiger partial charge in [-0.3, -0.25) is 0 Å². The molecule has 1 aromatic carbocycles. The van der Waals surface area contributed by atoms with Crippen LogP contribution in [0.25, 0.3) is 0 Å². The number of rotatable bonds is 3. The smallest absolute Gasteiger partial charge is 0.123 e. The molecule has 1 N–H and O–H groups in total. The van der Waals surface area contributed by atoms with Gasteiger partial charge in [-0.05, 0) is 51.3 Å². The first-order valence-corrected chi connectivity index (χ1v) is 6.42. The van der Waals surface area contributed by atoms with Gasteiger partial charge in [0.2, 0.25) is 0 Å². The van der Waals surface area contributed by atoms with Crippen molar-refractivity contribution in [3.63, 3.8) is 0 Å². The summed E-state index contributed by atoms with van der Waals surface area (Å²) in [5, 5.41) is 3.58. The average Bonchev–Trinajstić information content (AvgIpc) is 2.17. The molecule has 94 valence electrons. The van der Waals surface area contributed by atoms with Gasteiger partial charge in [0.1, 0.15) is 5.82 Å². The molecule has 0 aromatic heterocycles. The van der Waals surface area contributed by atoms with E-state index in [9.17, 15) is 4.39 Å². The van der Waals surface area contributed by atoms with Crippen LogP contribution >= 0.6 is 0 Å². The molecule has 2 heteroatoms. The largest absolute Gasteiger partial charge is 0.311 e. The average molecular weight is 235 g/mol. The SMILES string of the molecule is CC(C)(C)NCC1(c2ccc(F)cc2)CCC1. The van der Waals surface area contributed by atoms with Crippen molar-refractivity contribution in [3.05, 3.63) is 35.6 Å². The highest BCUT2D eigenvalue weighted by atomic mass is 19.1. The number of hydrogen-bond donors (Lipinski definition) is 1. The lowest BCUT2D eigenvalue weighted by Gasteiger charge is -2.44. The lowest BCUT2D eigenvalue weighted by Crippen LogP contribution is -2.49. The van der Waals surface area contributed by atoms with Crippen molar-refractivity contribution in [3.8, 4) is 0 Å². The van der Waals surface area contributed by atoms with Gasteiger partial charge in [-0.25, -0.2) is 4.39 Å². The molecule has 0 atom stereocenters. The Bertz CT molecular complexity index is 371. The summed E-state index contributed by atoms with van der Waals surface area (Å²) in [6, 6.07) is 7.04. The fourth-order valence-electron chi connectivity index (χ4n) is 2.41. The molecular formula is C15H22FN. The summed E-state index contributed by atoms with van der Waals surface area (Å²) in [6.07, 6.45) is 3.70. The number of benzene rings is 1. The Morgan fingerprint density at radius 1 is 1.18 bits per heavy atom. The van der Waals surface area contributed by atoms with Crippen LogP contribution in [0.3, 0.4) is 0 Å². The van der Waals surface area contributed by atoms with Gasteiger partial charge in [-0.1, -0.05) is 18.6 Å². The zero-order valence-corrected chi connectivity index (χ0v) is 11.0. The first kappa shape index (κ1) is 12.6. The van der Waals surface area contributed by atoms with Gasteiger partial charge >= 0.3 is 0 Å². The van der Waals surface area contributed by atoms with Gasteiger partial charge in [0.05, 0.1) is 0 Å². The van der Waals surface area contributed by atoms with E-state index in [0.717, 1.165) is 6.54 Å². The fraction of sp³-hybridized carbons (Fsp3) is 0.600. The van der Waals surface area contributed by atoms with E-state index >= 15 is 0 Å². The molecule has 1 saturated carbocycles. The summed E-state index contributed by atoms with van der Waals surface area (Å²) in [4.78, 5) is 0. The topological polar surface area (TPSA) is 12.0 Å². The highest BCUT2D eigenvalue weighted by Crippen LogP contribution is 2.43. The monoisotopic (exact) mass is 235 g/mol. The van der Waals surface area contributed by atoms with Crippen LogP contribution in [-0.4, -0.2) is 12.1 Å². The van der Waals surface area contributed by atoms with E-state index in [0.29, 0.717) is 0 Å². The highest BCUT2D eigenvalue weighted by Gasteiger charge is 2.38. The Labute approximate surface area is 103 Å². The molecule has 0 saturated heterocycles. The number of hydrogen-bond acceptors (Lipinski definition) is 1. The molecule has 2 rings (SSSR count). The van der Waals surface area contributed by atoms with E-state index < -0.39 is 0 Å². The lowest BCUT2D eigenvalue weighted by atomic mass is 9.64. The van der Waals surface area contributed by atoms with E-state index in [1.807, 2.05) is 12.1 Å². The van der Waals surface area contributed by atoms with E-state index in [4.69, 9.17) is 0 Å². The third kappa shape index (κ3) is 2.86. The van der Waals surface area contributed by atoms with Crippen LogP contribution in [0.15, 0.2) is 24.3 Å². The van der Waals surface area contributed by atoms with Gasteiger partial charge in [0.25, 0.3) is 0 Å². The van der Waals surface area contributed by atoms with Crippen molar-refractivity contribution >= 4 is 0 Å². The molecule has 1 aliphatic rings. The van der Waals surface area contributed by atoms with Crippen LogP contribution < -0.4 is 5.32 Å². The second-order valence-electron chi connectivity index (χ2n) is 6.24. The Hall–Kier alpha value is -0.890. The zero-order chi connectivity index (χ0) is 12.5. The summed E-state index contributed by atoms with van der Waals surface area (Å²) in [6.45, 7) is 7.54. The molecule has 1 aromatic rings. The molecule has 0 heterocycles. The van der Waals surface area contributed by atoms with E-state index in [2.05, 4.69) is 26.1 Å². The summed E-state index contributed by atoms with van der Waals surface area (Å²) >= 11 is 0. The zero-order valence-electron chi connectivity index (χ0n) is 11.0. The van der Waals surface area contributed by atoms with Gasteiger partial charge in [0.15, 0.2) is 0 Å². The molecule has 17 heavy (non-hydrogen) atoms. The van der Waals surface area contributed by atoms with Crippen molar-refractivity contribution in [1.29, 1.82) is 0 Å². The predicted molar refractivity (Wildman–Crippen MR) is 69.7 cm³/mol. The van der Waals surface area contributed by atoms with Crippen molar-refractivity contribution in [1.82, 2.24) is 5.32 Å². The molecular weight excluding hydrogens is 213 g/mol. The Morgan fingerprint density at radius 2 is 1.76 bits per heavy atom. The molecule has 1 nitrogen and oxygen atoms in total. The molecule has 1 aliphatic carbocycles. The molecule has 0 aliphatic heterocycles. The van der Waals surface area contributed by atoms with Gasteiger partial charge < -0.3 is 5.32 Å². The van der Waals surface area contributed by atoms with E-state index in [1.54, 1.807) is 12.1 Å². The van der Waals surface area contributed by atoms with Crippen LogP contribution in [0.5, 0.6) is 0 Å². The van der Waals surface area contributed by atoms with Crippen molar-refractivity contribution < 1.29 is 4.39 Å².